The van der Waals surface area contributed by atoms with Crippen molar-refractivity contribution in [3.05, 3.63) is 22.7 Å². The van der Waals surface area contributed by atoms with Crippen molar-refractivity contribution in [1.29, 1.82) is 0 Å². The summed E-state index contributed by atoms with van der Waals surface area (Å²) < 4.78 is 57.1. The quantitative estimate of drug-likeness (QED) is 0.0231. The molecular formula is C57H107N3O15P2. The molecule has 1 aliphatic rings. The first-order valence-corrected chi connectivity index (χ1v) is 33.3. The van der Waals surface area contributed by atoms with E-state index in [0.717, 1.165) is 61.3 Å². The lowest BCUT2D eigenvalue weighted by Crippen LogP contribution is -2.36. The van der Waals surface area contributed by atoms with Crippen LogP contribution in [0.3, 0.4) is 0 Å². The standard InChI is InChI=1S/C57H107N3O15P2/c1-5-48(4)39-35-31-27-23-19-15-10-8-6-7-9-11-16-20-24-28-32-36-40-52(61)70-44-49(73-53(62)41-37-33-29-25-21-17-13-12-14-18-22-26-30-34-38-47(2)3)45-71-76(66,67)75-77(68,69)72-46-50-54(63)55(64)56(74-50)60-43-42-51(58)59-57(60)65/h42-43,47-50,54-56,63-64H,5-41,44-46H2,1-4H3,(H,66,67)(H,68,69)(H2,58,59,65)/t48?,49-,50-,54+,55?,56-/m1/s1. The molecule has 450 valence electrons. The highest BCUT2D eigenvalue weighted by Crippen LogP contribution is 2.60. The Morgan fingerprint density at radius 3 is 1.48 bits per heavy atom. The van der Waals surface area contributed by atoms with E-state index in [9.17, 15) is 43.5 Å². The van der Waals surface area contributed by atoms with Gasteiger partial charge in [-0.25, -0.2) is 13.9 Å². The fraction of sp³-hybridized carbons (Fsp3) is 0.895. The van der Waals surface area contributed by atoms with E-state index < -0.39 is 83.7 Å². The van der Waals surface area contributed by atoms with Crippen LogP contribution in [0, 0.1) is 11.8 Å². The number of carbonyl (C=O) groups is 2. The molecule has 6 N–H and O–H groups in total. The summed E-state index contributed by atoms with van der Waals surface area (Å²) in [6.45, 7) is 6.93. The number of rotatable bonds is 51. The number of phosphoric acid groups is 2. The van der Waals surface area contributed by atoms with Crippen LogP contribution in [0.5, 0.6) is 0 Å². The Hall–Kier alpha value is -2.24. The van der Waals surface area contributed by atoms with E-state index in [1.54, 1.807) is 0 Å². The van der Waals surface area contributed by atoms with Crippen LogP contribution in [0.25, 0.3) is 0 Å². The molecule has 0 saturated carbocycles. The number of phosphoric ester groups is 2. The van der Waals surface area contributed by atoms with Gasteiger partial charge in [-0.1, -0.05) is 240 Å². The summed E-state index contributed by atoms with van der Waals surface area (Å²) in [5, 5.41) is 21.0. The lowest BCUT2D eigenvalue weighted by Gasteiger charge is -2.21. The molecule has 0 aliphatic carbocycles. The van der Waals surface area contributed by atoms with Gasteiger partial charge in [0, 0.05) is 19.0 Å². The molecule has 0 aromatic carbocycles. The normalized spacial score (nSPS) is 19.0. The van der Waals surface area contributed by atoms with Crippen molar-refractivity contribution in [3.63, 3.8) is 0 Å². The second-order valence-electron chi connectivity index (χ2n) is 22.3. The SMILES string of the molecule is CCC(C)CCCCCCCCCCCCCCCCCCCCC(=O)OC[C@H](COP(=O)(O)OP(=O)(O)OC[C@H]1O[C@@H](n2ccc(N)nc2=O)C(O)[C@H]1O)OC(=O)CCCCCCCCCCCCCCCCC(C)C. The van der Waals surface area contributed by atoms with Crippen molar-refractivity contribution in [2.24, 2.45) is 11.8 Å². The maximum Gasteiger partial charge on any atom is 0.481 e. The van der Waals surface area contributed by atoms with Gasteiger partial charge in [0.1, 0.15) is 30.7 Å². The second kappa shape index (κ2) is 43.5. The highest BCUT2D eigenvalue weighted by molar-refractivity contribution is 7.61. The average Bonchev–Trinajstić information content (AvgIpc) is 3.67. The molecule has 8 atom stereocenters. The number of aliphatic hydroxyl groups excluding tert-OH is 2. The van der Waals surface area contributed by atoms with Gasteiger partial charge in [0.15, 0.2) is 12.3 Å². The number of nitrogens with zero attached hydrogens (tertiary/aromatic N) is 2. The van der Waals surface area contributed by atoms with Crippen LogP contribution in [0.4, 0.5) is 5.82 Å². The number of esters is 2. The number of hydrogen-bond acceptors (Lipinski definition) is 15. The molecule has 1 aliphatic heterocycles. The van der Waals surface area contributed by atoms with Crippen LogP contribution in [0.1, 0.15) is 271 Å². The number of hydrogen-bond donors (Lipinski definition) is 5. The first-order valence-electron chi connectivity index (χ1n) is 30.3. The van der Waals surface area contributed by atoms with E-state index in [-0.39, 0.29) is 18.7 Å². The maximum absolute atomic E-state index is 12.9. The van der Waals surface area contributed by atoms with Crippen molar-refractivity contribution in [3.8, 4) is 0 Å². The van der Waals surface area contributed by atoms with Crippen LogP contribution in [0.15, 0.2) is 17.1 Å². The van der Waals surface area contributed by atoms with E-state index in [0.29, 0.717) is 12.8 Å². The highest BCUT2D eigenvalue weighted by atomic mass is 31.3. The Morgan fingerprint density at radius 1 is 0.623 bits per heavy atom. The van der Waals surface area contributed by atoms with Crippen LogP contribution in [0.2, 0.25) is 0 Å². The number of aromatic nitrogens is 2. The van der Waals surface area contributed by atoms with Crippen molar-refractivity contribution < 1.29 is 66.3 Å². The number of unbranched alkanes of at least 4 members (excludes halogenated alkanes) is 30. The molecule has 0 spiro atoms. The van der Waals surface area contributed by atoms with Gasteiger partial charge in [-0.05, 0) is 30.7 Å². The van der Waals surface area contributed by atoms with E-state index in [1.165, 1.54) is 179 Å². The summed E-state index contributed by atoms with van der Waals surface area (Å²) in [4.78, 5) is 62.2. The Labute approximate surface area is 463 Å². The summed E-state index contributed by atoms with van der Waals surface area (Å²) in [5.41, 5.74) is 4.61. The maximum atomic E-state index is 12.9. The van der Waals surface area contributed by atoms with Crippen LogP contribution in [-0.4, -0.2) is 85.7 Å². The molecule has 0 amide bonds. The van der Waals surface area contributed by atoms with Gasteiger partial charge in [-0.3, -0.25) is 23.2 Å². The van der Waals surface area contributed by atoms with Gasteiger partial charge in [-0.15, -0.1) is 0 Å². The lowest BCUT2D eigenvalue weighted by molar-refractivity contribution is -0.161. The zero-order chi connectivity index (χ0) is 56.6. The molecule has 1 fully saturated rings. The first-order chi connectivity index (χ1) is 36.9. The largest absolute Gasteiger partial charge is 0.481 e. The topological polar surface area (TPSA) is 265 Å². The average molecular weight is 1140 g/mol. The predicted molar refractivity (Wildman–Crippen MR) is 303 cm³/mol. The second-order valence-corrected chi connectivity index (χ2v) is 25.3. The summed E-state index contributed by atoms with van der Waals surface area (Å²) >= 11 is 0. The molecule has 77 heavy (non-hydrogen) atoms. The lowest BCUT2D eigenvalue weighted by atomic mass is 9.99. The van der Waals surface area contributed by atoms with Gasteiger partial charge in [-0.2, -0.15) is 9.29 Å². The van der Waals surface area contributed by atoms with Gasteiger partial charge in [0.25, 0.3) is 0 Å². The molecule has 2 heterocycles. The molecule has 18 nitrogen and oxygen atoms in total. The molecule has 1 aromatic rings. The summed E-state index contributed by atoms with van der Waals surface area (Å²) in [5.74, 6) is 0.398. The Kier molecular flexibility index (Phi) is 40.0. The first kappa shape index (κ1) is 70.9. The third-order valence-corrected chi connectivity index (χ3v) is 17.3. The monoisotopic (exact) mass is 1140 g/mol. The van der Waals surface area contributed by atoms with Gasteiger partial charge >= 0.3 is 33.3 Å². The van der Waals surface area contributed by atoms with Gasteiger partial charge in [0.2, 0.25) is 0 Å². The minimum Gasteiger partial charge on any atom is -0.462 e. The van der Waals surface area contributed by atoms with Crippen LogP contribution >= 0.6 is 15.6 Å². The number of aliphatic hydroxyl groups is 2. The molecule has 1 aromatic heterocycles. The molecule has 2 rings (SSSR count). The van der Waals surface area contributed by atoms with E-state index in [4.69, 9.17) is 29.0 Å². The fourth-order valence-corrected chi connectivity index (χ4v) is 11.7. The number of carbonyl (C=O) groups excluding carboxylic acids is 2. The predicted octanol–water partition coefficient (Wildman–Crippen LogP) is 13.9. The number of anilines is 1. The Bertz CT molecular complexity index is 1820. The Balaban J connectivity index is 1.71. The molecule has 1 saturated heterocycles. The smallest absolute Gasteiger partial charge is 0.462 e. The number of nitrogen functional groups attached to an aromatic ring is 1. The summed E-state index contributed by atoms with van der Waals surface area (Å²) in [6.07, 6.45) is 36.0. The molecular weight excluding hydrogens is 1030 g/mol. The number of ether oxygens (including phenoxy) is 3. The van der Waals surface area contributed by atoms with Crippen LogP contribution < -0.4 is 11.4 Å². The highest BCUT2D eigenvalue weighted by Gasteiger charge is 2.46. The van der Waals surface area contributed by atoms with Crippen molar-refractivity contribution in [2.45, 2.75) is 296 Å². The fourth-order valence-electron chi connectivity index (χ4n) is 9.60. The van der Waals surface area contributed by atoms with E-state index >= 15 is 0 Å². The van der Waals surface area contributed by atoms with E-state index in [1.807, 2.05) is 0 Å². The van der Waals surface area contributed by atoms with Crippen molar-refractivity contribution >= 4 is 33.4 Å². The summed E-state index contributed by atoms with van der Waals surface area (Å²) in [6, 6.07) is 1.25. The van der Waals surface area contributed by atoms with Crippen molar-refractivity contribution in [2.75, 3.05) is 25.6 Å². The van der Waals surface area contributed by atoms with Gasteiger partial charge < -0.3 is 39.9 Å². The summed E-state index contributed by atoms with van der Waals surface area (Å²) in [7, 11) is -10.8. The minimum absolute atomic E-state index is 0.0576. The molecule has 4 unspecified atom stereocenters. The van der Waals surface area contributed by atoms with Crippen molar-refractivity contribution in [1.82, 2.24) is 9.55 Å². The molecule has 0 bridgehead atoms. The van der Waals surface area contributed by atoms with E-state index in [2.05, 4.69) is 37.0 Å². The zero-order valence-corrected chi connectivity index (χ0v) is 49.9. The van der Waals surface area contributed by atoms with Crippen LogP contribution in [-0.2, 0) is 46.3 Å². The molecule has 0 radical (unpaired) electrons. The van der Waals surface area contributed by atoms with Gasteiger partial charge in [0.05, 0.1) is 13.2 Å². The minimum atomic E-state index is -5.42. The third kappa shape index (κ3) is 36.7. The number of nitrogens with two attached hydrogens (primary N) is 1. The third-order valence-electron chi connectivity index (χ3n) is 14.7. The molecule has 20 heteroatoms. The Morgan fingerprint density at radius 2 is 1.04 bits per heavy atom. The zero-order valence-electron chi connectivity index (χ0n) is 48.1.